The van der Waals surface area contributed by atoms with Gasteiger partial charge in [0.25, 0.3) is 0 Å². The first kappa shape index (κ1) is 17.5. The second kappa shape index (κ2) is 8.72. The second-order valence-corrected chi connectivity index (χ2v) is 8.55. The van der Waals surface area contributed by atoms with Gasteiger partial charge in [-0.25, -0.2) is 8.42 Å². The molecular formula is C15H30N4O2S. The summed E-state index contributed by atoms with van der Waals surface area (Å²) in [6.45, 7) is 7.79. The van der Waals surface area contributed by atoms with Crippen molar-refractivity contribution in [2.24, 2.45) is 10.9 Å². The number of piperidine rings is 1. The third kappa shape index (κ3) is 6.12. The number of rotatable bonds is 6. The van der Waals surface area contributed by atoms with Gasteiger partial charge in [-0.2, -0.15) is 0 Å². The average molecular weight is 330 g/mol. The normalized spacial score (nSPS) is 26.0. The number of nitrogens with zero attached hydrogens (tertiary/aromatic N) is 2. The van der Waals surface area contributed by atoms with Crippen LogP contribution in [0.25, 0.3) is 0 Å². The maximum absolute atomic E-state index is 11.5. The van der Waals surface area contributed by atoms with Crippen molar-refractivity contribution in [3.8, 4) is 0 Å². The van der Waals surface area contributed by atoms with Gasteiger partial charge in [0.1, 0.15) is 0 Å². The fourth-order valence-corrected chi connectivity index (χ4v) is 4.94. The summed E-state index contributed by atoms with van der Waals surface area (Å²) in [6.07, 6.45) is 4.73. The molecule has 1 atom stereocenters. The number of aliphatic imine (C=N–C) groups is 1. The van der Waals surface area contributed by atoms with E-state index < -0.39 is 9.84 Å². The van der Waals surface area contributed by atoms with E-state index in [1.807, 2.05) is 6.92 Å². The Hall–Kier alpha value is -0.820. The van der Waals surface area contributed by atoms with Gasteiger partial charge < -0.3 is 15.5 Å². The van der Waals surface area contributed by atoms with Gasteiger partial charge in [-0.15, -0.1) is 0 Å². The van der Waals surface area contributed by atoms with Crippen molar-refractivity contribution >= 4 is 15.8 Å². The molecule has 7 heteroatoms. The first-order chi connectivity index (χ1) is 10.6. The number of likely N-dealkylation sites (tertiary alicyclic amines) is 1. The summed E-state index contributed by atoms with van der Waals surface area (Å²) in [7, 11) is -2.80. The molecule has 0 amide bonds. The molecule has 2 saturated heterocycles. The largest absolute Gasteiger partial charge is 0.357 e. The zero-order valence-corrected chi connectivity index (χ0v) is 14.5. The van der Waals surface area contributed by atoms with E-state index in [0.29, 0.717) is 18.1 Å². The molecule has 0 aliphatic carbocycles. The third-order valence-electron chi connectivity index (χ3n) is 4.35. The van der Waals surface area contributed by atoms with Crippen LogP contribution in [0.2, 0.25) is 0 Å². The molecular weight excluding hydrogens is 300 g/mol. The van der Waals surface area contributed by atoms with Gasteiger partial charge in [-0.05, 0) is 45.2 Å². The average Bonchev–Trinajstić information content (AvgIpc) is 2.85. The molecule has 0 radical (unpaired) electrons. The van der Waals surface area contributed by atoms with E-state index in [9.17, 15) is 8.42 Å². The van der Waals surface area contributed by atoms with E-state index in [-0.39, 0.29) is 5.92 Å². The SMILES string of the molecule is CCNC(=NCC1CCS(=O)(=O)C1)NCCN1CCCCC1. The first-order valence-electron chi connectivity index (χ1n) is 8.54. The molecule has 6 nitrogen and oxygen atoms in total. The van der Waals surface area contributed by atoms with Crippen molar-refractivity contribution < 1.29 is 8.42 Å². The van der Waals surface area contributed by atoms with Crippen LogP contribution in [0, 0.1) is 5.92 Å². The lowest BCUT2D eigenvalue weighted by molar-refractivity contribution is 0.232. The Morgan fingerprint density at radius 2 is 2.00 bits per heavy atom. The van der Waals surface area contributed by atoms with E-state index in [0.717, 1.165) is 32.0 Å². The topological polar surface area (TPSA) is 73.8 Å². The molecule has 0 aromatic carbocycles. The molecule has 1 unspecified atom stereocenters. The molecule has 0 saturated carbocycles. The molecule has 2 fully saturated rings. The first-order valence-corrected chi connectivity index (χ1v) is 10.4. The summed E-state index contributed by atoms with van der Waals surface area (Å²) in [5, 5.41) is 6.60. The molecule has 2 rings (SSSR count). The standard InChI is InChI=1S/C15H30N4O2S/c1-2-16-15(17-7-10-19-8-4-3-5-9-19)18-12-14-6-11-22(20,21)13-14/h14H,2-13H2,1H3,(H2,16,17,18). The molecule has 2 heterocycles. The Morgan fingerprint density at radius 1 is 1.23 bits per heavy atom. The molecule has 2 aliphatic rings. The minimum atomic E-state index is -2.80. The van der Waals surface area contributed by atoms with Crippen LogP contribution < -0.4 is 10.6 Å². The lowest BCUT2D eigenvalue weighted by Gasteiger charge is -2.26. The second-order valence-electron chi connectivity index (χ2n) is 6.32. The van der Waals surface area contributed by atoms with Crippen LogP contribution in [0.1, 0.15) is 32.6 Å². The number of guanidine groups is 1. The molecule has 22 heavy (non-hydrogen) atoms. The highest BCUT2D eigenvalue weighted by molar-refractivity contribution is 7.91. The Labute approximate surface area is 134 Å². The van der Waals surface area contributed by atoms with E-state index in [2.05, 4.69) is 20.5 Å². The Bertz CT molecular complexity index is 458. The fourth-order valence-electron chi connectivity index (χ4n) is 3.09. The van der Waals surface area contributed by atoms with Crippen LogP contribution in [-0.4, -0.2) is 70.1 Å². The maximum atomic E-state index is 11.5. The van der Waals surface area contributed by atoms with Gasteiger partial charge in [-0.1, -0.05) is 6.42 Å². The van der Waals surface area contributed by atoms with Crippen LogP contribution in [0.3, 0.4) is 0 Å². The molecule has 0 aromatic rings. The molecule has 2 N–H and O–H groups in total. The van der Waals surface area contributed by atoms with Gasteiger partial charge in [0.05, 0.1) is 11.5 Å². The minimum Gasteiger partial charge on any atom is -0.357 e. The Morgan fingerprint density at radius 3 is 2.64 bits per heavy atom. The molecule has 128 valence electrons. The highest BCUT2D eigenvalue weighted by Crippen LogP contribution is 2.18. The summed E-state index contributed by atoms with van der Waals surface area (Å²) < 4.78 is 22.9. The molecule has 0 aromatic heterocycles. The van der Waals surface area contributed by atoms with Crippen molar-refractivity contribution in [3.05, 3.63) is 0 Å². The summed E-state index contributed by atoms with van der Waals surface area (Å²) in [5.41, 5.74) is 0. The van der Waals surface area contributed by atoms with Crippen LogP contribution >= 0.6 is 0 Å². The van der Waals surface area contributed by atoms with Crippen molar-refractivity contribution in [3.63, 3.8) is 0 Å². The zero-order chi connectivity index (χ0) is 15.8. The number of nitrogens with one attached hydrogen (secondary N) is 2. The van der Waals surface area contributed by atoms with E-state index in [1.165, 1.54) is 32.4 Å². The van der Waals surface area contributed by atoms with Crippen molar-refractivity contribution in [1.82, 2.24) is 15.5 Å². The van der Waals surface area contributed by atoms with E-state index in [4.69, 9.17) is 0 Å². The van der Waals surface area contributed by atoms with Crippen molar-refractivity contribution in [1.29, 1.82) is 0 Å². The van der Waals surface area contributed by atoms with Crippen LogP contribution in [0.15, 0.2) is 4.99 Å². The maximum Gasteiger partial charge on any atom is 0.191 e. The van der Waals surface area contributed by atoms with Gasteiger partial charge in [0.15, 0.2) is 15.8 Å². The fraction of sp³-hybridized carbons (Fsp3) is 0.933. The van der Waals surface area contributed by atoms with Crippen LogP contribution in [0.5, 0.6) is 0 Å². The van der Waals surface area contributed by atoms with Crippen LogP contribution in [0.4, 0.5) is 0 Å². The smallest absolute Gasteiger partial charge is 0.191 e. The lowest BCUT2D eigenvalue weighted by Crippen LogP contribution is -2.42. The van der Waals surface area contributed by atoms with E-state index >= 15 is 0 Å². The van der Waals surface area contributed by atoms with Gasteiger partial charge in [0.2, 0.25) is 0 Å². The van der Waals surface area contributed by atoms with Crippen molar-refractivity contribution in [2.45, 2.75) is 32.6 Å². The van der Waals surface area contributed by atoms with Crippen LogP contribution in [-0.2, 0) is 9.84 Å². The van der Waals surface area contributed by atoms with Gasteiger partial charge in [0, 0.05) is 26.2 Å². The van der Waals surface area contributed by atoms with Gasteiger partial charge >= 0.3 is 0 Å². The predicted molar refractivity (Wildman–Crippen MR) is 91.0 cm³/mol. The summed E-state index contributed by atoms with van der Waals surface area (Å²) in [5.74, 6) is 1.61. The van der Waals surface area contributed by atoms with Gasteiger partial charge in [-0.3, -0.25) is 4.99 Å². The summed E-state index contributed by atoms with van der Waals surface area (Å²) >= 11 is 0. The Balaban J connectivity index is 1.72. The van der Waals surface area contributed by atoms with Crippen molar-refractivity contribution in [2.75, 3.05) is 50.8 Å². The quantitative estimate of drug-likeness (QED) is 0.547. The Kier molecular flexibility index (Phi) is 6.95. The highest BCUT2D eigenvalue weighted by atomic mass is 32.2. The molecule has 0 bridgehead atoms. The zero-order valence-electron chi connectivity index (χ0n) is 13.7. The summed E-state index contributed by atoms with van der Waals surface area (Å²) in [4.78, 5) is 7.04. The number of sulfone groups is 1. The summed E-state index contributed by atoms with van der Waals surface area (Å²) in [6, 6.07) is 0. The lowest BCUT2D eigenvalue weighted by atomic mass is 10.1. The number of hydrogen-bond donors (Lipinski definition) is 2. The molecule has 2 aliphatic heterocycles. The van der Waals surface area contributed by atoms with E-state index in [1.54, 1.807) is 0 Å². The monoisotopic (exact) mass is 330 g/mol. The third-order valence-corrected chi connectivity index (χ3v) is 6.18. The predicted octanol–water partition coefficient (Wildman–Crippen LogP) is 0.462. The molecule has 0 spiro atoms. The minimum absolute atomic E-state index is 0.183. The highest BCUT2D eigenvalue weighted by Gasteiger charge is 2.27. The number of hydrogen-bond acceptors (Lipinski definition) is 4.